The third-order valence-electron chi connectivity index (χ3n) is 7.09. The molecule has 8 nitrogen and oxygen atoms in total. The van der Waals surface area contributed by atoms with E-state index in [1.807, 2.05) is 42.5 Å². The Morgan fingerprint density at radius 1 is 1.03 bits per heavy atom. The highest BCUT2D eigenvalue weighted by Crippen LogP contribution is 2.40. The number of hydrogen-bond acceptors (Lipinski definition) is 4. The molecule has 1 saturated carbocycles. The monoisotopic (exact) mass is 529 g/mol. The number of primary amides is 1. The molecule has 1 aromatic heterocycles. The third kappa shape index (κ3) is 5.13. The summed E-state index contributed by atoms with van der Waals surface area (Å²) < 4.78 is 2.15. The molecule has 3 amide bonds. The van der Waals surface area contributed by atoms with Crippen molar-refractivity contribution >= 4 is 40.4 Å². The van der Waals surface area contributed by atoms with E-state index in [0.29, 0.717) is 22.6 Å². The summed E-state index contributed by atoms with van der Waals surface area (Å²) in [6.45, 7) is 0.251. The molecule has 1 heterocycles. The Kier molecular flexibility index (Phi) is 7.15. The van der Waals surface area contributed by atoms with Crippen LogP contribution < -0.4 is 16.4 Å². The van der Waals surface area contributed by atoms with E-state index in [9.17, 15) is 14.4 Å². The molecular weight excluding hydrogens is 502 g/mol. The van der Waals surface area contributed by atoms with Gasteiger partial charge in [0, 0.05) is 47.3 Å². The molecule has 0 aliphatic heterocycles. The average molecular weight is 530 g/mol. The van der Waals surface area contributed by atoms with Gasteiger partial charge in [0.2, 0.25) is 11.8 Å². The Labute approximate surface area is 225 Å². The molecule has 0 radical (unpaired) electrons. The Bertz CT molecular complexity index is 1550. The summed E-state index contributed by atoms with van der Waals surface area (Å²) in [5, 5.41) is 6.29. The third-order valence-corrected chi connectivity index (χ3v) is 7.32. The number of halogens is 1. The van der Waals surface area contributed by atoms with Crippen molar-refractivity contribution in [2.24, 2.45) is 11.7 Å². The summed E-state index contributed by atoms with van der Waals surface area (Å²) in [4.78, 5) is 41.8. The first-order chi connectivity index (χ1) is 18.3. The second kappa shape index (κ2) is 10.7. The number of nitrogens with zero attached hydrogens (tertiary/aromatic N) is 2. The van der Waals surface area contributed by atoms with E-state index < -0.39 is 5.91 Å². The average Bonchev–Trinajstić information content (AvgIpc) is 3.56. The molecule has 9 heteroatoms. The van der Waals surface area contributed by atoms with E-state index in [2.05, 4.69) is 15.2 Å². The topological polar surface area (TPSA) is 119 Å². The van der Waals surface area contributed by atoms with Crippen LogP contribution in [-0.2, 0) is 11.3 Å². The predicted octanol–water partition coefficient (Wildman–Crippen LogP) is 4.47. The molecule has 0 unspecified atom stereocenters. The number of carbonyl (C=O) groups excluding carboxylic acids is 3. The fraction of sp³-hybridized carbons (Fsp3) is 0.241. The lowest BCUT2D eigenvalue weighted by Crippen LogP contribution is -2.25. The second-order valence-electron chi connectivity index (χ2n) is 9.54. The second-order valence-corrected chi connectivity index (χ2v) is 9.98. The van der Waals surface area contributed by atoms with Crippen LogP contribution in [0.5, 0.6) is 0 Å². The Morgan fingerprint density at radius 2 is 1.84 bits per heavy atom. The van der Waals surface area contributed by atoms with Gasteiger partial charge in [-0.15, -0.1) is 0 Å². The first-order valence-electron chi connectivity index (χ1n) is 12.5. The molecule has 0 saturated heterocycles. The van der Waals surface area contributed by atoms with Gasteiger partial charge in [-0.3, -0.25) is 14.4 Å². The molecule has 4 N–H and O–H groups in total. The predicted molar refractivity (Wildman–Crippen MR) is 147 cm³/mol. The number of benzene rings is 3. The highest BCUT2D eigenvalue weighted by atomic mass is 35.5. The Hall–Kier alpha value is -4.17. The van der Waals surface area contributed by atoms with Gasteiger partial charge in [0.1, 0.15) is 5.82 Å². The number of aromatic nitrogens is 2. The van der Waals surface area contributed by atoms with E-state index in [1.165, 1.54) is 0 Å². The summed E-state index contributed by atoms with van der Waals surface area (Å²) in [5.41, 5.74) is 9.48. The van der Waals surface area contributed by atoms with E-state index in [4.69, 9.17) is 22.3 Å². The van der Waals surface area contributed by atoms with Crippen molar-refractivity contribution < 1.29 is 14.4 Å². The van der Waals surface area contributed by atoms with Crippen LogP contribution >= 0.6 is 11.6 Å². The molecule has 194 valence electrons. The summed E-state index contributed by atoms with van der Waals surface area (Å²) in [7, 11) is 1.66. The number of nitrogens with two attached hydrogens (primary N) is 1. The normalized spacial score (nSPS) is 16.9. The zero-order chi connectivity index (χ0) is 26.8. The van der Waals surface area contributed by atoms with Crippen molar-refractivity contribution in [3.63, 3.8) is 0 Å². The first-order valence-corrected chi connectivity index (χ1v) is 12.9. The van der Waals surface area contributed by atoms with Crippen LogP contribution in [0.15, 0.2) is 66.7 Å². The van der Waals surface area contributed by atoms with Gasteiger partial charge in [-0.1, -0.05) is 35.9 Å². The van der Waals surface area contributed by atoms with E-state index >= 15 is 0 Å². The molecule has 1 aliphatic rings. The quantitative estimate of drug-likeness (QED) is 0.327. The zero-order valence-corrected chi connectivity index (χ0v) is 21.7. The van der Waals surface area contributed by atoms with Crippen LogP contribution in [0.4, 0.5) is 0 Å². The van der Waals surface area contributed by atoms with Crippen molar-refractivity contribution in [1.29, 1.82) is 0 Å². The molecule has 0 spiro atoms. The van der Waals surface area contributed by atoms with Crippen molar-refractivity contribution in [1.82, 2.24) is 20.2 Å². The molecule has 38 heavy (non-hydrogen) atoms. The van der Waals surface area contributed by atoms with Gasteiger partial charge < -0.3 is 20.9 Å². The van der Waals surface area contributed by atoms with Crippen LogP contribution in [0.25, 0.3) is 22.4 Å². The zero-order valence-electron chi connectivity index (χ0n) is 20.9. The Balaban J connectivity index is 1.49. The lowest BCUT2D eigenvalue weighted by molar-refractivity contribution is -0.124. The van der Waals surface area contributed by atoms with Gasteiger partial charge in [-0.05, 0) is 67.3 Å². The van der Waals surface area contributed by atoms with Gasteiger partial charge in [-0.2, -0.15) is 0 Å². The molecule has 2 atom stereocenters. The number of hydrogen-bond donors (Lipinski definition) is 3. The molecular formula is C29H28ClN5O3. The minimum Gasteiger partial charge on any atom is -0.366 e. The molecule has 1 aliphatic carbocycles. The van der Waals surface area contributed by atoms with Gasteiger partial charge in [0.25, 0.3) is 5.91 Å². The smallest absolute Gasteiger partial charge is 0.251 e. The summed E-state index contributed by atoms with van der Waals surface area (Å²) >= 11 is 6.30. The minimum absolute atomic E-state index is 0.0432. The van der Waals surface area contributed by atoms with Crippen LogP contribution in [-0.4, -0.2) is 34.3 Å². The fourth-order valence-corrected chi connectivity index (χ4v) is 5.38. The lowest BCUT2D eigenvalue weighted by Gasteiger charge is -2.18. The van der Waals surface area contributed by atoms with Crippen molar-refractivity contribution in [2.45, 2.75) is 31.8 Å². The van der Waals surface area contributed by atoms with E-state index in [-0.39, 0.29) is 30.3 Å². The number of nitrogens with one attached hydrogen (secondary N) is 2. The number of rotatable bonds is 7. The SMILES string of the molecule is CNC(=O)[C@@H]1CC[C@@H](n2c(-c3cccc(Cl)c3)nc3ccc(C(=O)NCc4cccc(C(N)=O)c4)cc32)C1. The van der Waals surface area contributed by atoms with Crippen molar-refractivity contribution in [3.8, 4) is 11.4 Å². The van der Waals surface area contributed by atoms with Gasteiger partial charge in [0.15, 0.2) is 0 Å². The number of amides is 3. The number of imidazole rings is 1. The minimum atomic E-state index is -0.516. The summed E-state index contributed by atoms with van der Waals surface area (Å²) in [5.74, 6) is -0.0362. The molecule has 1 fully saturated rings. The van der Waals surface area contributed by atoms with Crippen LogP contribution in [0.3, 0.4) is 0 Å². The van der Waals surface area contributed by atoms with Gasteiger partial charge in [-0.25, -0.2) is 4.98 Å². The first kappa shape index (κ1) is 25.5. The molecule has 0 bridgehead atoms. The molecule has 5 rings (SSSR count). The van der Waals surface area contributed by atoms with Gasteiger partial charge in [0.05, 0.1) is 11.0 Å². The maximum Gasteiger partial charge on any atom is 0.251 e. The number of fused-ring (bicyclic) bond motifs is 1. The van der Waals surface area contributed by atoms with Crippen LogP contribution in [0.2, 0.25) is 5.02 Å². The van der Waals surface area contributed by atoms with Gasteiger partial charge >= 0.3 is 0 Å². The highest BCUT2D eigenvalue weighted by Gasteiger charge is 2.33. The summed E-state index contributed by atoms with van der Waals surface area (Å²) in [6, 6.07) is 19.9. The van der Waals surface area contributed by atoms with E-state index in [1.54, 1.807) is 31.3 Å². The molecule has 4 aromatic rings. The molecule has 3 aromatic carbocycles. The van der Waals surface area contributed by atoms with Crippen LogP contribution in [0.1, 0.15) is 51.6 Å². The van der Waals surface area contributed by atoms with Crippen molar-refractivity contribution in [2.75, 3.05) is 7.05 Å². The van der Waals surface area contributed by atoms with E-state index in [0.717, 1.165) is 40.8 Å². The highest BCUT2D eigenvalue weighted by molar-refractivity contribution is 6.30. The van der Waals surface area contributed by atoms with Crippen molar-refractivity contribution in [3.05, 3.63) is 88.4 Å². The maximum atomic E-state index is 13.1. The largest absolute Gasteiger partial charge is 0.366 e. The standard InChI is InChI=1S/C29H28ClN5O3/c1-32-28(37)20-8-10-23(14-20)35-25-15-21(29(38)33-16-17-4-2-5-18(12-17)26(31)36)9-11-24(25)34-27(35)19-6-3-7-22(30)13-19/h2-7,9,11-13,15,20,23H,8,10,14,16H2,1H3,(H2,31,36)(H,32,37)(H,33,38)/t20-,23-/m1/s1. The lowest BCUT2D eigenvalue weighted by atomic mass is 10.1. The fourth-order valence-electron chi connectivity index (χ4n) is 5.19. The maximum absolute atomic E-state index is 13.1. The van der Waals surface area contributed by atoms with Crippen LogP contribution in [0, 0.1) is 5.92 Å². The summed E-state index contributed by atoms with van der Waals surface area (Å²) in [6.07, 6.45) is 2.29. The Morgan fingerprint density at radius 3 is 2.61 bits per heavy atom. The number of carbonyl (C=O) groups is 3.